The van der Waals surface area contributed by atoms with E-state index in [2.05, 4.69) is 21.7 Å². The molecule has 0 fully saturated rings. The van der Waals surface area contributed by atoms with E-state index in [0.29, 0.717) is 37.0 Å². The SMILES string of the molecule is CCNC(=NCC1(O)CCc2ccccc21)Nc1ccc(OC)c(OCC)c1.I. The molecule has 1 atom stereocenters. The van der Waals surface area contributed by atoms with Gasteiger partial charge in [0.25, 0.3) is 0 Å². The molecule has 2 aromatic carbocycles. The Morgan fingerprint density at radius 2 is 1.97 bits per heavy atom. The van der Waals surface area contributed by atoms with E-state index >= 15 is 0 Å². The van der Waals surface area contributed by atoms with Gasteiger partial charge in [-0.15, -0.1) is 24.0 Å². The van der Waals surface area contributed by atoms with Crippen molar-refractivity contribution in [1.82, 2.24) is 5.32 Å². The van der Waals surface area contributed by atoms with Crippen molar-refractivity contribution in [2.24, 2.45) is 4.99 Å². The first-order valence-corrected chi connectivity index (χ1v) is 9.76. The Balaban J connectivity index is 0.00000300. The number of aliphatic hydroxyl groups is 1. The molecule has 1 aliphatic carbocycles. The number of benzene rings is 2. The average molecular weight is 511 g/mol. The van der Waals surface area contributed by atoms with Gasteiger partial charge in [0, 0.05) is 18.3 Å². The number of ether oxygens (including phenoxy) is 2. The summed E-state index contributed by atoms with van der Waals surface area (Å²) < 4.78 is 11.0. The number of rotatable bonds is 7. The summed E-state index contributed by atoms with van der Waals surface area (Å²) in [4.78, 5) is 4.65. The van der Waals surface area contributed by atoms with Crippen LogP contribution in [0.25, 0.3) is 0 Å². The van der Waals surface area contributed by atoms with Crippen LogP contribution < -0.4 is 20.1 Å². The predicted molar refractivity (Wildman–Crippen MR) is 128 cm³/mol. The van der Waals surface area contributed by atoms with Gasteiger partial charge in [-0.05, 0) is 49.9 Å². The molecule has 2 aromatic rings. The second-order valence-corrected chi connectivity index (χ2v) is 6.81. The van der Waals surface area contributed by atoms with Crippen molar-refractivity contribution < 1.29 is 14.6 Å². The number of aliphatic imine (C=N–C) groups is 1. The summed E-state index contributed by atoms with van der Waals surface area (Å²) in [6, 6.07) is 13.7. The van der Waals surface area contributed by atoms with Crippen molar-refractivity contribution in [3.63, 3.8) is 0 Å². The molecule has 0 heterocycles. The van der Waals surface area contributed by atoms with Gasteiger partial charge in [0.1, 0.15) is 5.60 Å². The molecule has 0 radical (unpaired) electrons. The summed E-state index contributed by atoms with van der Waals surface area (Å²) in [5.41, 5.74) is 2.10. The van der Waals surface area contributed by atoms with Crippen LogP contribution in [0.1, 0.15) is 31.4 Å². The lowest BCUT2D eigenvalue weighted by molar-refractivity contribution is 0.0486. The van der Waals surface area contributed by atoms with E-state index in [9.17, 15) is 5.11 Å². The van der Waals surface area contributed by atoms with E-state index in [1.807, 2.05) is 50.2 Å². The van der Waals surface area contributed by atoms with Crippen LogP contribution in [-0.4, -0.2) is 37.9 Å². The number of nitrogens with one attached hydrogen (secondary N) is 2. The minimum absolute atomic E-state index is 0. The van der Waals surface area contributed by atoms with E-state index < -0.39 is 5.60 Å². The third kappa shape index (κ3) is 5.54. The standard InChI is InChI=1S/C22H29N3O3.HI/c1-4-23-21(25-17-10-11-19(27-3)20(14-17)28-5-2)24-15-22(26)13-12-16-8-6-7-9-18(16)22;/h6-11,14,26H,4-5,12-13,15H2,1-3H3,(H2,23,24,25);1H. The highest BCUT2D eigenvalue weighted by molar-refractivity contribution is 14.0. The van der Waals surface area contributed by atoms with Crippen molar-refractivity contribution in [3.05, 3.63) is 53.6 Å². The fraction of sp³-hybridized carbons (Fsp3) is 0.409. The lowest BCUT2D eigenvalue weighted by Crippen LogP contribution is -2.34. The quantitative estimate of drug-likeness (QED) is 0.299. The van der Waals surface area contributed by atoms with Gasteiger partial charge in [0.2, 0.25) is 0 Å². The number of anilines is 1. The second kappa shape index (κ2) is 10.7. The van der Waals surface area contributed by atoms with Crippen LogP contribution in [0.15, 0.2) is 47.5 Å². The molecule has 0 spiro atoms. The summed E-state index contributed by atoms with van der Waals surface area (Å²) >= 11 is 0. The number of aryl methyl sites for hydroxylation is 1. The fourth-order valence-electron chi connectivity index (χ4n) is 3.51. The van der Waals surface area contributed by atoms with Gasteiger partial charge in [-0.3, -0.25) is 0 Å². The van der Waals surface area contributed by atoms with Crippen LogP contribution >= 0.6 is 24.0 Å². The van der Waals surface area contributed by atoms with Crippen molar-refractivity contribution >= 4 is 35.6 Å². The van der Waals surface area contributed by atoms with Crippen LogP contribution in [0.3, 0.4) is 0 Å². The number of guanidine groups is 1. The molecule has 1 aliphatic rings. The Morgan fingerprint density at radius 1 is 1.17 bits per heavy atom. The van der Waals surface area contributed by atoms with Crippen LogP contribution in [0.4, 0.5) is 5.69 Å². The van der Waals surface area contributed by atoms with Crippen molar-refractivity contribution in [3.8, 4) is 11.5 Å². The number of halogens is 1. The number of nitrogens with zero attached hydrogens (tertiary/aromatic N) is 1. The van der Waals surface area contributed by atoms with E-state index in [0.717, 1.165) is 24.2 Å². The van der Waals surface area contributed by atoms with Gasteiger partial charge >= 0.3 is 0 Å². The van der Waals surface area contributed by atoms with Crippen LogP contribution in [-0.2, 0) is 12.0 Å². The molecule has 0 bridgehead atoms. The Hall–Kier alpha value is -2.00. The van der Waals surface area contributed by atoms with E-state index in [4.69, 9.17) is 9.47 Å². The third-order valence-electron chi connectivity index (χ3n) is 4.90. The minimum atomic E-state index is -0.921. The fourth-order valence-corrected chi connectivity index (χ4v) is 3.51. The van der Waals surface area contributed by atoms with Gasteiger partial charge < -0.3 is 25.2 Å². The lowest BCUT2D eigenvalue weighted by atomic mass is 9.96. The summed E-state index contributed by atoms with van der Waals surface area (Å²) in [7, 11) is 1.62. The molecule has 1 unspecified atom stereocenters. The zero-order chi connectivity index (χ0) is 20.0. The molecule has 6 nitrogen and oxygen atoms in total. The maximum atomic E-state index is 11.1. The van der Waals surface area contributed by atoms with Crippen molar-refractivity contribution in [2.45, 2.75) is 32.3 Å². The minimum Gasteiger partial charge on any atom is -0.493 e. The Morgan fingerprint density at radius 3 is 2.69 bits per heavy atom. The second-order valence-electron chi connectivity index (χ2n) is 6.81. The van der Waals surface area contributed by atoms with Crippen LogP contribution in [0.2, 0.25) is 0 Å². The molecule has 3 rings (SSSR count). The molecule has 29 heavy (non-hydrogen) atoms. The summed E-state index contributed by atoms with van der Waals surface area (Å²) in [5, 5.41) is 17.6. The molecule has 0 saturated heterocycles. The van der Waals surface area contributed by atoms with Gasteiger partial charge in [-0.2, -0.15) is 0 Å². The number of methoxy groups -OCH3 is 1. The van der Waals surface area contributed by atoms with Crippen LogP contribution in [0, 0.1) is 0 Å². The first-order chi connectivity index (χ1) is 13.6. The molecule has 3 N–H and O–H groups in total. The Labute approximate surface area is 189 Å². The molecule has 0 saturated carbocycles. The number of hydrogen-bond acceptors (Lipinski definition) is 4. The molecule has 0 amide bonds. The molecular weight excluding hydrogens is 481 g/mol. The zero-order valence-electron chi connectivity index (χ0n) is 17.2. The maximum absolute atomic E-state index is 11.1. The zero-order valence-corrected chi connectivity index (χ0v) is 19.5. The van der Waals surface area contributed by atoms with Gasteiger partial charge in [-0.25, -0.2) is 4.99 Å². The van der Waals surface area contributed by atoms with Crippen molar-refractivity contribution in [2.75, 3.05) is 32.1 Å². The largest absolute Gasteiger partial charge is 0.493 e. The van der Waals surface area contributed by atoms with Gasteiger partial charge in [0.15, 0.2) is 17.5 Å². The van der Waals surface area contributed by atoms with Gasteiger partial charge in [-0.1, -0.05) is 24.3 Å². The highest BCUT2D eigenvalue weighted by atomic mass is 127. The summed E-state index contributed by atoms with van der Waals surface area (Å²) in [5.74, 6) is 1.98. The molecule has 158 valence electrons. The molecule has 7 heteroatoms. The maximum Gasteiger partial charge on any atom is 0.195 e. The van der Waals surface area contributed by atoms with E-state index in [-0.39, 0.29) is 24.0 Å². The predicted octanol–water partition coefficient (Wildman–Crippen LogP) is 3.92. The highest BCUT2D eigenvalue weighted by Gasteiger charge is 2.36. The lowest BCUT2D eigenvalue weighted by Gasteiger charge is -2.23. The molecule has 0 aromatic heterocycles. The summed E-state index contributed by atoms with van der Waals surface area (Å²) in [6.45, 7) is 5.52. The highest BCUT2D eigenvalue weighted by Crippen LogP contribution is 2.37. The smallest absolute Gasteiger partial charge is 0.195 e. The Bertz CT molecular complexity index is 844. The number of fused-ring (bicyclic) bond motifs is 1. The number of hydrogen-bond donors (Lipinski definition) is 3. The topological polar surface area (TPSA) is 75.1 Å². The summed E-state index contributed by atoms with van der Waals surface area (Å²) in [6.07, 6.45) is 1.56. The van der Waals surface area contributed by atoms with Gasteiger partial charge in [0.05, 0.1) is 20.3 Å². The third-order valence-corrected chi connectivity index (χ3v) is 4.90. The first kappa shape index (κ1) is 23.3. The van der Waals surface area contributed by atoms with Crippen molar-refractivity contribution in [1.29, 1.82) is 0 Å². The average Bonchev–Trinajstić information content (AvgIpc) is 3.04. The molecule has 0 aliphatic heterocycles. The van der Waals surface area contributed by atoms with E-state index in [1.165, 1.54) is 5.56 Å². The van der Waals surface area contributed by atoms with Crippen LogP contribution in [0.5, 0.6) is 11.5 Å². The Kier molecular flexibility index (Phi) is 8.58. The normalized spacial score (nSPS) is 17.9. The molecular formula is C22H30IN3O3. The first-order valence-electron chi connectivity index (χ1n) is 9.76. The van der Waals surface area contributed by atoms with E-state index in [1.54, 1.807) is 7.11 Å². The monoisotopic (exact) mass is 511 g/mol.